The lowest BCUT2D eigenvalue weighted by atomic mass is 10.1. The zero-order valence-corrected chi connectivity index (χ0v) is 11.9. The summed E-state index contributed by atoms with van der Waals surface area (Å²) in [6.45, 7) is 6.81. The summed E-state index contributed by atoms with van der Waals surface area (Å²) in [6, 6.07) is 0.309. The third-order valence-corrected chi connectivity index (χ3v) is 4.46. The Balaban J connectivity index is 1.57. The molecule has 3 rings (SSSR count). The van der Waals surface area contributed by atoms with Gasteiger partial charge in [-0.2, -0.15) is 0 Å². The van der Waals surface area contributed by atoms with E-state index >= 15 is 0 Å². The molecule has 1 unspecified atom stereocenters. The standard InChI is InChI=1S/C14H25N5/c1-17-6-8-18(9-7-17)5-4-14-16-10-13-3-2-12(15)11-19(13)14/h10,12H,2-9,11,15H2,1H3. The van der Waals surface area contributed by atoms with Crippen molar-refractivity contribution >= 4 is 0 Å². The van der Waals surface area contributed by atoms with Crippen LogP contribution >= 0.6 is 0 Å². The average molecular weight is 263 g/mol. The molecule has 0 amide bonds. The van der Waals surface area contributed by atoms with E-state index in [0.29, 0.717) is 6.04 Å². The maximum atomic E-state index is 6.07. The fraction of sp³-hybridized carbons (Fsp3) is 0.786. The van der Waals surface area contributed by atoms with Gasteiger partial charge < -0.3 is 20.1 Å². The molecular weight excluding hydrogens is 238 g/mol. The van der Waals surface area contributed by atoms with E-state index in [1.54, 1.807) is 0 Å². The second kappa shape index (κ2) is 5.61. The Kier molecular flexibility index (Phi) is 3.86. The number of nitrogens with zero attached hydrogens (tertiary/aromatic N) is 4. The molecule has 2 N–H and O–H groups in total. The van der Waals surface area contributed by atoms with Gasteiger partial charge >= 0.3 is 0 Å². The SMILES string of the molecule is CN1CCN(CCc2ncc3n2CC(N)CC3)CC1. The van der Waals surface area contributed by atoms with Crippen molar-refractivity contribution in [2.75, 3.05) is 39.8 Å². The minimum Gasteiger partial charge on any atom is -0.330 e. The molecule has 3 heterocycles. The molecule has 0 aromatic carbocycles. The molecule has 1 fully saturated rings. The topological polar surface area (TPSA) is 50.3 Å². The number of rotatable bonds is 3. The third kappa shape index (κ3) is 2.99. The van der Waals surface area contributed by atoms with Gasteiger partial charge in [0.15, 0.2) is 0 Å². The summed E-state index contributed by atoms with van der Waals surface area (Å²) in [5, 5.41) is 0. The number of aryl methyl sites for hydroxylation is 1. The zero-order chi connectivity index (χ0) is 13.2. The van der Waals surface area contributed by atoms with Gasteiger partial charge in [-0.3, -0.25) is 0 Å². The highest BCUT2D eigenvalue weighted by Gasteiger charge is 2.20. The smallest absolute Gasteiger partial charge is 0.110 e. The molecule has 106 valence electrons. The summed E-state index contributed by atoms with van der Waals surface area (Å²) >= 11 is 0. The van der Waals surface area contributed by atoms with E-state index in [4.69, 9.17) is 5.73 Å². The molecule has 0 saturated carbocycles. The first-order valence-corrected chi connectivity index (χ1v) is 7.42. The first kappa shape index (κ1) is 13.1. The third-order valence-electron chi connectivity index (χ3n) is 4.46. The van der Waals surface area contributed by atoms with E-state index in [9.17, 15) is 0 Å². The maximum Gasteiger partial charge on any atom is 0.110 e. The first-order chi connectivity index (χ1) is 9.22. The van der Waals surface area contributed by atoms with Crippen LogP contribution < -0.4 is 5.73 Å². The van der Waals surface area contributed by atoms with Gasteiger partial charge in [0, 0.05) is 63.6 Å². The minimum atomic E-state index is 0.309. The molecule has 19 heavy (non-hydrogen) atoms. The Morgan fingerprint density at radius 1 is 1.32 bits per heavy atom. The first-order valence-electron chi connectivity index (χ1n) is 7.42. The molecule has 0 radical (unpaired) electrons. The average Bonchev–Trinajstić information content (AvgIpc) is 2.80. The number of hydrogen-bond acceptors (Lipinski definition) is 4. The summed E-state index contributed by atoms with van der Waals surface area (Å²) in [6.07, 6.45) is 5.29. The van der Waals surface area contributed by atoms with Crippen molar-refractivity contribution in [2.45, 2.75) is 31.8 Å². The van der Waals surface area contributed by atoms with Crippen molar-refractivity contribution in [3.05, 3.63) is 17.7 Å². The molecule has 2 aliphatic rings. The van der Waals surface area contributed by atoms with Crippen LogP contribution in [-0.4, -0.2) is 65.2 Å². The van der Waals surface area contributed by atoms with Crippen LogP contribution in [0.25, 0.3) is 0 Å². The number of fused-ring (bicyclic) bond motifs is 1. The molecule has 5 heteroatoms. The van der Waals surface area contributed by atoms with Crippen LogP contribution in [0.15, 0.2) is 6.20 Å². The number of likely N-dealkylation sites (N-methyl/N-ethyl adjacent to an activating group) is 1. The summed E-state index contributed by atoms with van der Waals surface area (Å²) in [5.74, 6) is 1.23. The van der Waals surface area contributed by atoms with Crippen molar-refractivity contribution in [1.29, 1.82) is 0 Å². The monoisotopic (exact) mass is 263 g/mol. The van der Waals surface area contributed by atoms with Crippen molar-refractivity contribution in [3.63, 3.8) is 0 Å². The molecule has 1 aromatic heterocycles. The predicted octanol–water partition coefficient (Wildman–Crippen LogP) is -0.0535. The molecule has 2 aliphatic heterocycles. The van der Waals surface area contributed by atoms with Gasteiger partial charge in [0.2, 0.25) is 0 Å². The van der Waals surface area contributed by atoms with E-state index in [1.807, 2.05) is 6.20 Å². The number of hydrogen-bond donors (Lipinski definition) is 1. The summed E-state index contributed by atoms with van der Waals surface area (Å²) in [4.78, 5) is 9.54. The lowest BCUT2D eigenvalue weighted by Crippen LogP contribution is -2.45. The van der Waals surface area contributed by atoms with Gasteiger partial charge in [0.05, 0.1) is 0 Å². The quantitative estimate of drug-likeness (QED) is 0.830. The fourth-order valence-corrected chi connectivity index (χ4v) is 3.06. The lowest BCUT2D eigenvalue weighted by Gasteiger charge is -2.32. The summed E-state index contributed by atoms with van der Waals surface area (Å²) in [5.41, 5.74) is 7.44. The fourth-order valence-electron chi connectivity index (χ4n) is 3.06. The molecule has 1 saturated heterocycles. The highest BCUT2D eigenvalue weighted by molar-refractivity contribution is 5.09. The molecule has 5 nitrogen and oxygen atoms in total. The predicted molar refractivity (Wildman–Crippen MR) is 76.2 cm³/mol. The van der Waals surface area contributed by atoms with Gasteiger partial charge in [0.1, 0.15) is 5.82 Å². The Bertz CT molecular complexity index is 419. The minimum absolute atomic E-state index is 0.309. The Labute approximate surface area is 115 Å². The highest BCUT2D eigenvalue weighted by atomic mass is 15.2. The van der Waals surface area contributed by atoms with Gasteiger partial charge in [-0.05, 0) is 19.9 Å². The summed E-state index contributed by atoms with van der Waals surface area (Å²) in [7, 11) is 2.20. The van der Waals surface area contributed by atoms with Gasteiger partial charge in [0.25, 0.3) is 0 Å². The second-order valence-corrected chi connectivity index (χ2v) is 5.97. The van der Waals surface area contributed by atoms with Crippen molar-refractivity contribution in [2.24, 2.45) is 5.73 Å². The summed E-state index contributed by atoms with van der Waals surface area (Å²) < 4.78 is 2.35. The van der Waals surface area contributed by atoms with Crippen molar-refractivity contribution in [3.8, 4) is 0 Å². The Morgan fingerprint density at radius 3 is 2.89 bits per heavy atom. The lowest BCUT2D eigenvalue weighted by molar-refractivity contribution is 0.154. The number of piperazine rings is 1. The Hall–Kier alpha value is -0.910. The molecule has 0 bridgehead atoms. The van der Waals surface area contributed by atoms with E-state index in [1.165, 1.54) is 37.7 Å². The largest absolute Gasteiger partial charge is 0.330 e. The van der Waals surface area contributed by atoms with Crippen molar-refractivity contribution in [1.82, 2.24) is 19.4 Å². The molecule has 1 aromatic rings. The van der Waals surface area contributed by atoms with Gasteiger partial charge in [-0.15, -0.1) is 0 Å². The van der Waals surface area contributed by atoms with Crippen LogP contribution in [0.1, 0.15) is 17.9 Å². The Morgan fingerprint density at radius 2 is 2.11 bits per heavy atom. The zero-order valence-electron chi connectivity index (χ0n) is 11.9. The van der Waals surface area contributed by atoms with Crippen LogP contribution in [-0.2, 0) is 19.4 Å². The number of imidazole rings is 1. The number of nitrogens with two attached hydrogens (primary N) is 1. The molecular formula is C14H25N5. The molecule has 0 aliphatic carbocycles. The van der Waals surface area contributed by atoms with E-state index in [-0.39, 0.29) is 0 Å². The normalized spacial score (nSPS) is 25.5. The van der Waals surface area contributed by atoms with Crippen LogP contribution in [0.4, 0.5) is 0 Å². The van der Waals surface area contributed by atoms with Gasteiger partial charge in [-0.1, -0.05) is 0 Å². The van der Waals surface area contributed by atoms with Crippen LogP contribution in [0, 0.1) is 0 Å². The van der Waals surface area contributed by atoms with Gasteiger partial charge in [-0.25, -0.2) is 4.98 Å². The maximum absolute atomic E-state index is 6.07. The van der Waals surface area contributed by atoms with Crippen molar-refractivity contribution < 1.29 is 0 Å². The van der Waals surface area contributed by atoms with Crippen LogP contribution in [0.2, 0.25) is 0 Å². The van der Waals surface area contributed by atoms with E-state index in [0.717, 1.165) is 32.4 Å². The van der Waals surface area contributed by atoms with Crippen LogP contribution in [0.5, 0.6) is 0 Å². The van der Waals surface area contributed by atoms with E-state index < -0.39 is 0 Å². The van der Waals surface area contributed by atoms with Crippen LogP contribution in [0.3, 0.4) is 0 Å². The number of aromatic nitrogens is 2. The molecule has 0 spiro atoms. The van der Waals surface area contributed by atoms with E-state index in [2.05, 4.69) is 26.4 Å². The highest BCUT2D eigenvalue weighted by Crippen LogP contribution is 2.16. The second-order valence-electron chi connectivity index (χ2n) is 5.97. The molecule has 1 atom stereocenters.